The Morgan fingerprint density at radius 2 is 0.983 bits per heavy atom. The topological polar surface area (TPSA) is 99.1 Å². The molecule has 0 fully saturated rings. The molecule has 8 heteroatoms. The lowest BCUT2D eigenvalue weighted by atomic mass is 10.1. The van der Waals surface area contributed by atoms with Crippen LogP contribution in [0.3, 0.4) is 0 Å². The van der Waals surface area contributed by atoms with E-state index < -0.39 is 18.1 Å². The predicted molar refractivity (Wildman–Crippen MR) is 243 cm³/mol. The second-order valence-corrected chi connectivity index (χ2v) is 15.9. The third kappa shape index (κ3) is 38.1. The van der Waals surface area contributed by atoms with Crippen molar-refractivity contribution in [2.45, 2.75) is 174 Å². The highest BCUT2D eigenvalue weighted by atomic mass is 16.6. The number of likely N-dealkylation sites (N-methyl/N-ethyl adjacent to an activating group) is 1. The van der Waals surface area contributed by atoms with E-state index in [0.717, 1.165) is 77.0 Å². The lowest BCUT2D eigenvalue weighted by Gasteiger charge is -2.31. The van der Waals surface area contributed by atoms with Crippen molar-refractivity contribution in [2.24, 2.45) is 0 Å². The Bertz CT molecular complexity index is 1220. The van der Waals surface area contributed by atoms with Gasteiger partial charge in [-0.3, -0.25) is 9.59 Å². The molecule has 330 valence electrons. The van der Waals surface area contributed by atoms with Crippen LogP contribution in [0.2, 0.25) is 0 Å². The number of hydrogen-bond acceptors (Lipinski definition) is 6. The molecular weight excluding hydrogens is 727 g/mol. The molecule has 0 aliphatic carbocycles. The molecule has 0 bridgehead atoms. The molecule has 0 heterocycles. The lowest BCUT2D eigenvalue weighted by molar-refractivity contribution is -0.887. The van der Waals surface area contributed by atoms with Gasteiger partial charge in [0.05, 0.1) is 34.4 Å². The van der Waals surface area contributed by atoms with Crippen LogP contribution in [0.1, 0.15) is 162 Å². The van der Waals surface area contributed by atoms with Crippen molar-refractivity contribution in [3.63, 3.8) is 0 Å². The monoisotopic (exact) mass is 811 g/mol. The largest absolute Gasteiger partial charge is 0.477 e. The molecule has 2 atom stereocenters. The smallest absolute Gasteiger partial charge is 0.362 e. The van der Waals surface area contributed by atoms with Gasteiger partial charge in [0.2, 0.25) is 0 Å². The first-order valence-corrected chi connectivity index (χ1v) is 22.6. The highest BCUT2D eigenvalue weighted by Crippen LogP contribution is 2.12. The van der Waals surface area contributed by atoms with Gasteiger partial charge < -0.3 is 23.8 Å². The number of unbranched alkanes of at least 4 members (excludes halogenated alkanes) is 11. The fourth-order valence-electron chi connectivity index (χ4n) is 6.04. The first-order valence-electron chi connectivity index (χ1n) is 22.6. The van der Waals surface area contributed by atoms with Gasteiger partial charge in [0.1, 0.15) is 6.61 Å². The Morgan fingerprint density at radius 3 is 1.50 bits per heavy atom. The average Bonchev–Trinajstić information content (AvgIpc) is 3.18. The van der Waals surface area contributed by atoms with Gasteiger partial charge in [-0.2, -0.15) is 0 Å². The number of carbonyl (C=O) groups is 3. The number of ether oxygens (including phenoxy) is 3. The maximum Gasteiger partial charge on any atom is 0.362 e. The summed E-state index contributed by atoms with van der Waals surface area (Å²) < 4.78 is 17.2. The van der Waals surface area contributed by atoms with Crippen molar-refractivity contribution >= 4 is 17.9 Å². The van der Waals surface area contributed by atoms with E-state index in [1.54, 1.807) is 0 Å². The molecule has 0 amide bonds. The van der Waals surface area contributed by atoms with Crippen molar-refractivity contribution in [1.29, 1.82) is 0 Å². The van der Waals surface area contributed by atoms with E-state index >= 15 is 0 Å². The minimum absolute atomic E-state index is 0.0286. The van der Waals surface area contributed by atoms with Gasteiger partial charge in [-0.25, -0.2) is 4.79 Å². The van der Waals surface area contributed by atoms with Crippen molar-refractivity contribution in [3.8, 4) is 0 Å². The predicted octanol–water partition coefficient (Wildman–Crippen LogP) is 12.5. The van der Waals surface area contributed by atoms with Gasteiger partial charge in [-0.15, -0.1) is 0 Å². The average molecular weight is 811 g/mol. The maximum atomic E-state index is 12.7. The number of quaternary nitrogens is 1. The number of allylic oxidation sites excluding steroid dienone is 14. The number of carbonyl (C=O) groups excluding carboxylic acids is 2. The van der Waals surface area contributed by atoms with Crippen LogP contribution in [0.25, 0.3) is 0 Å². The van der Waals surface area contributed by atoms with Crippen molar-refractivity contribution < 1.29 is 38.2 Å². The van der Waals surface area contributed by atoms with Crippen LogP contribution in [-0.4, -0.2) is 80.6 Å². The van der Waals surface area contributed by atoms with E-state index in [2.05, 4.69) is 98.9 Å². The summed E-state index contributed by atoms with van der Waals surface area (Å²) in [4.78, 5) is 37.0. The molecule has 1 N–H and O–H groups in total. The third-order valence-corrected chi connectivity index (χ3v) is 9.53. The molecule has 0 rings (SSSR count). The Balaban J connectivity index is 4.48. The fraction of sp³-hybridized carbons (Fsp3) is 0.660. The number of hydrogen-bond donors (Lipinski definition) is 1. The van der Waals surface area contributed by atoms with Gasteiger partial charge in [0.25, 0.3) is 0 Å². The van der Waals surface area contributed by atoms with Crippen LogP contribution in [-0.2, 0) is 28.6 Å². The quantitative estimate of drug-likeness (QED) is 0.0286. The van der Waals surface area contributed by atoms with Crippen LogP contribution in [0, 0.1) is 0 Å². The van der Waals surface area contributed by atoms with Crippen LogP contribution in [0.5, 0.6) is 0 Å². The number of carboxylic acid groups (broad SMARTS) is 1. The highest BCUT2D eigenvalue weighted by Gasteiger charge is 2.31. The molecule has 8 nitrogen and oxygen atoms in total. The van der Waals surface area contributed by atoms with Gasteiger partial charge in [0.15, 0.2) is 12.1 Å². The summed E-state index contributed by atoms with van der Waals surface area (Å²) in [5, 5.41) is 9.62. The zero-order chi connectivity index (χ0) is 42.8. The SMILES string of the molecule is CC/C=C/C/C=C/C/C=C/C/C=C/C/C=C/C/C=C/CCCC(=O)OC(COCCC(C(=O)O)[N+](C)(C)C)COC(=O)CCCCC/C=C/CCCCCCCCC. The number of esters is 2. The molecule has 0 aromatic heterocycles. The summed E-state index contributed by atoms with van der Waals surface area (Å²) in [6, 6.07) is -0.631. The van der Waals surface area contributed by atoms with Gasteiger partial charge in [-0.05, 0) is 83.5 Å². The van der Waals surface area contributed by atoms with Crippen LogP contribution in [0.15, 0.2) is 85.1 Å². The van der Waals surface area contributed by atoms with Gasteiger partial charge in [-0.1, -0.05) is 144 Å². The number of nitrogens with zero attached hydrogens (tertiary/aromatic N) is 1. The molecular formula is C50H84NO7+. The van der Waals surface area contributed by atoms with Crippen molar-refractivity contribution in [1.82, 2.24) is 0 Å². The van der Waals surface area contributed by atoms with E-state index in [1.807, 2.05) is 21.1 Å². The molecule has 2 unspecified atom stereocenters. The van der Waals surface area contributed by atoms with Crippen LogP contribution < -0.4 is 0 Å². The Kier molecular flexibility index (Phi) is 37.9. The summed E-state index contributed by atoms with van der Waals surface area (Å²) in [5.41, 5.74) is 0. The summed E-state index contributed by atoms with van der Waals surface area (Å²) in [7, 11) is 5.49. The molecule has 0 aromatic rings. The summed E-state index contributed by atoms with van der Waals surface area (Å²) in [6.07, 6.45) is 52.1. The standard InChI is InChI=1S/C50H83NO7/c1-6-8-10-12-14-16-18-20-22-23-24-25-26-27-29-31-33-35-37-39-41-49(53)58-46(44-56-43-42-47(50(54)55)51(3,4)5)45-57-48(52)40-38-36-34-32-30-28-21-19-17-15-13-11-9-7-2/h8,10,14,16,20,22,24-25,27-30,33,35,46-47H,6-7,9,11-13,15,17-19,21,23,26,31-32,34,36-45H2,1-5H3/p+1/b10-8+,16-14+,22-20+,25-24+,29-27+,30-28+,35-33+. The van der Waals surface area contributed by atoms with E-state index in [0.29, 0.717) is 19.3 Å². The second kappa shape index (κ2) is 40.3. The molecule has 0 saturated heterocycles. The first-order chi connectivity index (χ1) is 28.1. The minimum atomic E-state index is -0.889. The summed E-state index contributed by atoms with van der Waals surface area (Å²) >= 11 is 0. The number of carboxylic acids is 1. The number of aliphatic carboxylic acids is 1. The molecule has 0 radical (unpaired) electrons. The molecule has 58 heavy (non-hydrogen) atoms. The minimum Gasteiger partial charge on any atom is -0.477 e. The zero-order valence-electron chi connectivity index (χ0n) is 37.5. The Labute approximate surface area is 354 Å². The summed E-state index contributed by atoms with van der Waals surface area (Å²) in [6.45, 7) is 4.52. The summed E-state index contributed by atoms with van der Waals surface area (Å²) in [5.74, 6) is -1.57. The van der Waals surface area contributed by atoms with Crippen molar-refractivity contribution in [3.05, 3.63) is 85.1 Å². The molecule has 0 aliphatic rings. The van der Waals surface area contributed by atoms with Gasteiger partial charge >= 0.3 is 17.9 Å². The Morgan fingerprint density at radius 1 is 0.534 bits per heavy atom. The van der Waals surface area contributed by atoms with E-state index in [4.69, 9.17) is 14.2 Å². The molecule has 0 aliphatic heterocycles. The van der Waals surface area contributed by atoms with Crippen molar-refractivity contribution in [2.75, 3.05) is 41.0 Å². The molecule has 0 saturated carbocycles. The van der Waals surface area contributed by atoms with Gasteiger partial charge in [0, 0.05) is 19.3 Å². The molecule has 0 spiro atoms. The first kappa shape index (κ1) is 54.5. The zero-order valence-corrected chi connectivity index (χ0v) is 37.5. The van der Waals surface area contributed by atoms with E-state index in [9.17, 15) is 19.5 Å². The lowest BCUT2D eigenvalue weighted by Crippen LogP contribution is -2.50. The van der Waals surface area contributed by atoms with Crippen LogP contribution >= 0.6 is 0 Å². The maximum absolute atomic E-state index is 12.7. The van der Waals surface area contributed by atoms with E-state index in [-0.39, 0.29) is 42.7 Å². The van der Waals surface area contributed by atoms with Crippen LogP contribution in [0.4, 0.5) is 0 Å². The second-order valence-electron chi connectivity index (χ2n) is 15.9. The molecule has 0 aromatic carbocycles. The third-order valence-electron chi connectivity index (χ3n) is 9.53. The number of rotatable bonds is 39. The highest BCUT2D eigenvalue weighted by molar-refractivity contribution is 5.72. The Hall–Kier alpha value is -3.49. The van der Waals surface area contributed by atoms with E-state index in [1.165, 1.54) is 44.9 Å². The normalized spacial score (nSPS) is 13.7. The fourth-order valence-corrected chi connectivity index (χ4v) is 6.04.